The van der Waals surface area contributed by atoms with Gasteiger partial charge in [0.05, 0.1) is 5.56 Å². The molecule has 20 heavy (non-hydrogen) atoms. The Morgan fingerprint density at radius 2 is 1.95 bits per heavy atom. The molecule has 0 saturated carbocycles. The second kappa shape index (κ2) is 6.76. The minimum Gasteiger partial charge on any atom is -0.458 e. The van der Waals surface area contributed by atoms with Gasteiger partial charge in [-0.3, -0.25) is 4.79 Å². The molecule has 110 valence electrons. The molecule has 0 aliphatic carbocycles. The Hall–Kier alpha value is -0.820. The van der Waals surface area contributed by atoms with Gasteiger partial charge in [0, 0.05) is 8.59 Å². The average Bonchev–Trinajstić information content (AvgIpc) is 2.29. The zero-order valence-electron chi connectivity index (χ0n) is 11.8. The molecule has 0 aliphatic heterocycles. The highest BCUT2D eigenvalue weighted by Gasteiger charge is 2.24. The van der Waals surface area contributed by atoms with E-state index in [0.717, 1.165) is 3.57 Å². The standard InChI is InChI=1S/C14H17ClINO3/c1-8(13(19)20-14(2,3)4)17-12(18)10-7-9(15)5-6-11(10)16/h5-8H,1-4H3,(H,17,18)/t8-/m0/s1. The Morgan fingerprint density at radius 3 is 2.50 bits per heavy atom. The molecule has 0 unspecified atom stereocenters. The lowest BCUT2D eigenvalue weighted by Crippen LogP contribution is -2.42. The zero-order chi connectivity index (χ0) is 15.5. The summed E-state index contributed by atoms with van der Waals surface area (Å²) in [5.74, 6) is -0.821. The largest absolute Gasteiger partial charge is 0.458 e. The van der Waals surface area contributed by atoms with Gasteiger partial charge in [-0.25, -0.2) is 4.79 Å². The number of halogens is 2. The van der Waals surface area contributed by atoms with E-state index >= 15 is 0 Å². The van der Waals surface area contributed by atoms with Crippen LogP contribution in [0.25, 0.3) is 0 Å². The second-order valence-corrected chi connectivity index (χ2v) is 6.95. The highest BCUT2D eigenvalue weighted by atomic mass is 127. The molecule has 0 aliphatic rings. The quantitative estimate of drug-likeness (QED) is 0.615. The van der Waals surface area contributed by atoms with E-state index in [4.69, 9.17) is 16.3 Å². The molecule has 1 amide bonds. The van der Waals surface area contributed by atoms with Crippen molar-refractivity contribution < 1.29 is 14.3 Å². The van der Waals surface area contributed by atoms with Crippen molar-refractivity contribution in [1.29, 1.82) is 0 Å². The van der Waals surface area contributed by atoms with Gasteiger partial charge in [-0.15, -0.1) is 0 Å². The maximum absolute atomic E-state index is 12.1. The molecule has 1 atom stereocenters. The minimum atomic E-state index is -0.725. The summed E-state index contributed by atoms with van der Waals surface area (Å²) >= 11 is 7.92. The van der Waals surface area contributed by atoms with Crippen molar-refractivity contribution in [1.82, 2.24) is 5.32 Å². The monoisotopic (exact) mass is 409 g/mol. The van der Waals surface area contributed by atoms with Gasteiger partial charge in [0.15, 0.2) is 0 Å². The van der Waals surface area contributed by atoms with E-state index in [1.54, 1.807) is 45.9 Å². The van der Waals surface area contributed by atoms with Crippen LogP contribution in [-0.4, -0.2) is 23.5 Å². The van der Waals surface area contributed by atoms with Crippen molar-refractivity contribution in [2.24, 2.45) is 0 Å². The fourth-order valence-corrected chi connectivity index (χ4v) is 2.15. The predicted octanol–water partition coefficient (Wildman–Crippen LogP) is 3.40. The third kappa shape index (κ3) is 5.28. The minimum absolute atomic E-state index is 0.352. The summed E-state index contributed by atoms with van der Waals surface area (Å²) in [6.45, 7) is 6.92. The number of ether oxygens (including phenoxy) is 1. The molecule has 0 spiro atoms. The highest BCUT2D eigenvalue weighted by Crippen LogP contribution is 2.18. The van der Waals surface area contributed by atoms with Crippen LogP contribution in [0.15, 0.2) is 18.2 Å². The molecule has 0 fully saturated rings. The summed E-state index contributed by atoms with van der Waals surface area (Å²) in [7, 11) is 0. The number of nitrogens with one attached hydrogen (secondary N) is 1. The Kier molecular flexibility index (Phi) is 5.82. The van der Waals surface area contributed by atoms with Crippen molar-refractivity contribution in [2.45, 2.75) is 39.3 Å². The highest BCUT2D eigenvalue weighted by molar-refractivity contribution is 14.1. The summed E-state index contributed by atoms with van der Waals surface area (Å²) in [6, 6.07) is 4.30. The van der Waals surface area contributed by atoms with E-state index in [-0.39, 0.29) is 5.91 Å². The van der Waals surface area contributed by atoms with Gasteiger partial charge in [0.1, 0.15) is 11.6 Å². The third-order valence-electron chi connectivity index (χ3n) is 2.28. The van der Waals surface area contributed by atoms with E-state index in [9.17, 15) is 9.59 Å². The number of carbonyl (C=O) groups is 2. The number of hydrogen-bond donors (Lipinski definition) is 1. The van der Waals surface area contributed by atoms with Crippen LogP contribution < -0.4 is 5.32 Å². The first kappa shape index (κ1) is 17.2. The van der Waals surface area contributed by atoms with Crippen molar-refractivity contribution in [3.63, 3.8) is 0 Å². The lowest BCUT2D eigenvalue weighted by Gasteiger charge is -2.22. The number of rotatable bonds is 3. The molecule has 1 rings (SSSR count). The number of benzene rings is 1. The van der Waals surface area contributed by atoms with Crippen LogP contribution in [0.4, 0.5) is 0 Å². The molecule has 0 heterocycles. The Balaban J connectivity index is 2.75. The lowest BCUT2D eigenvalue weighted by molar-refractivity contribution is -0.156. The van der Waals surface area contributed by atoms with Crippen LogP contribution in [0, 0.1) is 3.57 Å². The molecule has 1 aromatic carbocycles. The smallest absolute Gasteiger partial charge is 0.328 e. The number of carbonyl (C=O) groups excluding carboxylic acids is 2. The topological polar surface area (TPSA) is 55.4 Å². The first-order chi connectivity index (χ1) is 9.10. The summed E-state index contributed by atoms with van der Waals surface area (Å²) in [4.78, 5) is 23.9. The van der Waals surface area contributed by atoms with Gasteiger partial charge in [-0.1, -0.05) is 11.6 Å². The Labute approximate surface area is 137 Å². The maximum atomic E-state index is 12.1. The van der Waals surface area contributed by atoms with Gasteiger partial charge < -0.3 is 10.1 Å². The second-order valence-electron chi connectivity index (χ2n) is 5.35. The zero-order valence-corrected chi connectivity index (χ0v) is 14.7. The van der Waals surface area contributed by atoms with Gasteiger partial charge in [-0.2, -0.15) is 0 Å². The molecule has 0 saturated heterocycles. The van der Waals surface area contributed by atoms with Crippen molar-refractivity contribution in [3.05, 3.63) is 32.4 Å². The molecule has 0 aromatic heterocycles. The van der Waals surface area contributed by atoms with Gasteiger partial charge in [0.2, 0.25) is 0 Å². The molecular weight excluding hydrogens is 393 g/mol. The maximum Gasteiger partial charge on any atom is 0.328 e. The first-order valence-electron chi connectivity index (χ1n) is 6.09. The van der Waals surface area contributed by atoms with E-state index in [2.05, 4.69) is 5.32 Å². The predicted molar refractivity (Wildman–Crippen MR) is 86.9 cm³/mol. The number of esters is 1. The van der Waals surface area contributed by atoms with Crippen LogP contribution in [0.5, 0.6) is 0 Å². The van der Waals surface area contributed by atoms with Gasteiger partial charge in [0.25, 0.3) is 5.91 Å². The molecule has 1 aromatic rings. The average molecular weight is 410 g/mol. The van der Waals surface area contributed by atoms with Crippen LogP contribution in [0.1, 0.15) is 38.1 Å². The van der Waals surface area contributed by atoms with Crippen LogP contribution in [0.2, 0.25) is 5.02 Å². The van der Waals surface area contributed by atoms with E-state index in [1.165, 1.54) is 0 Å². The SMILES string of the molecule is C[C@H](NC(=O)c1cc(Cl)ccc1I)C(=O)OC(C)(C)C. The molecule has 0 bridgehead atoms. The first-order valence-corrected chi connectivity index (χ1v) is 7.54. The fraction of sp³-hybridized carbons (Fsp3) is 0.429. The van der Waals surface area contributed by atoms with Crippen LogP contribution in [0.3, 0.4) is 0 Å². The van der Waals surface area contributed by atoms with Crippen LogP contribution in [-0.2, 0) is 9.53 Å². The summed E-state index contributed by atoms with van der Waals surface area (Å²) in [5.41, 5.74) is -0.144. The Bertz CT molecular complexity index is 526. The summed E-state index contributed by atoms with van der Waals surface area (Å²) < 4.78 is 5.97. The Morgan fingerprint density at radius 1 is 1.35 bits per heavy atom. The molecule has 6 heteroatoms. The van der Waals surface area contributed by atoms with E-state index in [1.807, 2.05) is 22.6 Å². The lowest BCUT2D eigenvalue weighted by atomic mass is 10.2. The van der Waals surface area contributed by atoms with E-state index < -0.39 is 17.6 Å². The molecule has 0 radical (unpaired) electrons. The third-order valence-corrected chi connectivity index (χ3v) is 3.46. The fourth-order valence-electron chi connectivity index (χ4n) is 1.39. The molecule has 4 nitrogen and oxygen atoms in total. The number of hydrogen-bond acceptors (Lipinski definition) is 3. The summed E-state index contributed by atoms with van der Waals surface area (Å²) in [6.07, 6.45) is 0. The molecular formula is C14H17ClINO3. The van der Waals surface area contributed by atoms with Crippen molar-refractivity contribution >= 4 is 46.1 Å². The van der Waals surface area contributed by atoms with Gasteiger partial charge in [-0.05, 0) is 68.5 Å². The number of amides is 1. The molecule has 1 N–H and O–H groups in total. The van der Waals surface area contributed by atoms with Crippen molar-refractivity contribution in [2.75, 3.05) is 0 Å². The summed E-state index contributed by atoms with van der Waals surface area (Å²) in [5, 5.41) is 3.08. The van der Waals surface area contributed by atoms with Crippen molar-refractivity contribution in [3.8, 4) is 0 Å². The van der Waals surface area contributed by atoms with Gasteiger partial charge >= 0.3 is 5.97 Å². The van der Waals surface area contributed by atoms with Crippen LogP contribution >= 0.6 is 34.2 Å². The van der Waals surface area contributed by atoms with E-state index in [0.29, 0.717) is 10.6 Å². The normalized spacial score (nSPS) is 12.7.